The number of hydrogen-bond donors (Lipinski definition) is 1. The van der Waals surface area contributed by atoms with Crippen LogP contribution < -0.4 is 10.5 Å². The minimum absolute atomic E-state index is 0.0236. The van der Waals surface area contributed by atoms with Gasteiger partial charge in [-0.05, 0) is 43.2 Å². The molecular formula is C13H18N2O3. The molecule has 0 amide bonds. The molecular weight excluding hydrogens is 232 g/mol. The van der Waals surface area contributed by atoms with Crippen LogP contribution in [0.4, 0.5) is 5.69 Å². The van der Waals surface area contributed by atoms with Crippen LogP contribution in [0, 0.1) is 15.5 Å². The number of rotatable bonds is 5. The Morgan fingerprint density at radius 1 is 1.56 bits per heavy atom. The van der Waals surface area contributed by atoms with Crippen LogP contribution in [-0.4, -0.2) is 18.1 Å². The highest BCUT2D eigenvalue weighted by Crippen LogP contribution is 2.50. The van der Waals surface area contributed by atoms with Crippen LogP contribution in [0.25, 0.3) is 0 Å². The van der Waals surface area contributed by atoms with Gasteiger partial charge < -0.3 is 10.5 Å². The topological polar surface area (TPSA) is 78.4 Å². The Hall–Kier alpha value is -1.62. The summed E-state index contributed by atoms with van der Waals surface area (Å²) in [6, 6.07) is 5.26. The second-order valence-corrected chi connectivity index (χ2v) is 5.09. The molecule has 0 heterocycles. The molecule has 2 N–H and O–H groups in total. The number of benzene rings is 1. The summed E-state index contributed by atoms with van der Waals surface area (Å²) in [5.41, 5.74) is 7.10. The zero-order valence-corrected chi connectivity index (χ0v) is 10.7. The molecule has 0 aliphatic heterocycles. The molecule has 1 atom stereocenters. The molecule has 2 rings (SSSR count). The van der Waals surface area contributed by atoms with Crippen molar-refractivity contribution in [1.29, 1.82) is 0 Å². The quantitative estimate of drug-likeness (QED) is 0.642. The van der Waals surface area contributed by atoms with E-state index in [-0.39, 0.29) is 17.1 Å². The van der Waals surface area contributed by atoms with Gasteiger partial charge in [-0.2, -0.15) is 0 Å². The lowest BCUT2D eigenvalue weighted by molar-refractivity contribution is -0.385. The number of ether oxygens (including phenoxy) is 1. The summed E-state index contributed by atoms with van der Waals surface area (Å²) >= 11 is 0. The maximum atomic E-state index is 10.9. The Morgan fingerprint density at radius 2 is 2.22 bits per heavy atom. The van der Waals surface area contributed by atoms with Crippen molar-refractivity contribution in [3.05, 3.63) is 33.9 Å². The van der Waals surface area contributed by atoms with Crippen LogP contribution in [0.5, 0.6) is 5.75 Å². The molecule has 1 fully saturated rings. The van der Waals surface area contributed by atoms with Crippen LogP contribution in [0.3, 0.4) is 0 Å². The standard InChI is InChI=1S/C13H18N2O3/c1-9(14)13(5-6-13)8-10-3-4-12(18-2)11(7-10)15(16)17/h3-4,7,9H,5-6,8,14H2,1-2H3. The predicted octanol–water partition coefficient (Wildman–Crippen LogP) is 2.27. The van der Waals surface area contributed by atoms with Gasteiger partial charge in [0.25, 0.3) is 0 Å². The van der Waals surface area contributed by atoms with Crippen LogP contribution in [0.2, 0.25) is 0 Å². The highest BCUT2D eigenvalue weighted by Gasteiger charge is 2.45. The number of nitrogens with two attached hydrogens (primary N) is 1. The van der Waals surface area contributed by atoms with E-state index < -0.39 is 4.92 Å². The number of nitro benzene ring substituents is 1. The maximum absolute atomic E-state index is 10.9. The summed E-state index contributed by atoms with van der Waals surface area (Å²) in [5, 5.41) is 10.9. The van der Waals surface area contributed by atoms with Crippen molar-refractivity contribution in [3.8, 4) is 5.75 Å². The fourth-order valence-corrected chi connectivity index (χ4v) is 2.35. The van der Waals surface area contributed by atoms with Gasteiger partial charge in [0, 0.05) is 12.1 Å². The largest absolute Gasteiger partial charge is 0.490 e. The van der Waals surface area contributed by atoms with Crippen LogP contribution >= 0.6 is 0 Å². The Labute approximate surface area is 106 Å². The van der Waals surface area contributed by atoms with Gasteiger partial charge in [-0.1, -0.05) is 6.07 Å². The lowest BCUT2D eigenvalue weighted by Gasteiger charge is -2.19. The van der Waals surface area contributed by atoms with E-state index in [0.29, 0.717) is 5.75 Å². The third-order valence-corrected chi connectivity index (χ3v) is 3.85. The second-order valence-electron chi connectivity index (χ2n) is 5.09. The van der Waals surface area contributed by atoms with Crippen molar-refractivity contribution in [3.63, 3.8) is 0 Å². The smallest absolute Gasteiger partial charge is 0.311 e. The van der Waals surface area contributed by atoms with E-state index in [1.807, 2.05) is 13.0 Å². The molecule has 98 valence electrons. The molecule has 5 heteroatoms. The van der Waals surface area contributed by atoms with E-state index in [0.717, 1.165) is 24.8 Å². The first-order valence-electron chi connectivity index (χ1n) is 6.05. The van der Waals surface area contributed by atoms with E-state index >= 15 is 0 Å². The fraction of sp³-hybridized carbons (Fsp3) is 0.538. The van der Waals surface area contributed by atoms with Crippen molar-refractivity contribution in [1.82, 2.24) is 0 Å². The van der Waals surface area contributed by atoms with Crippen molar-refractivity contribution >= 4 is 5.69 Å². The second kappa shape index (κ2) is 4.57. The molecule has 1 aromatic carbocycles. The molecule has 0 spiro atoms. The van der Waals surface area contributed by atoms with Crippen LogP contribution in [-0.2, 0) is 6.42 Å². The van der Waals surface area contributed by atoms with E-state index in [1.165, 1.54) is 7.11 Å². The summed E-state index contributed by atoms with van der Waals surface area (Å²) in [6.07, 6.45) is 3.00. The number of nitro groups is 1. The average molecular weight is 250 g/mol. The van der Waals surface area contributed by atoms with Crippen molar-refractivity contribution < 1.29 is 9.66 Å². The highest BCUT2D eigenvalue weighted by atomic mass is 16.6. The summed E-state index contributed by atoms with van der Waals surface area (Å²) in [6.45, 7) is 2.00. The third-order valence-electron chi connectivity index (χ3n) is 3.85. The summed E-state index contributed by atoms with van der Waals surface area (Å²) in [7, 11) is 1.44. The van der Waals surface area contributed by atoms with Gasteiger partial charge in [-0.3, -0.25) is 10.1 Å². The molecule has 0 radical (unpaired) electrons. The van der Waals surface area contributed by atoms with E-state index in [4.69, 9.17) is 10.5 Å². The molecule has 1 saturated carbocycles. The number of nitrogens with zero attached hydrogens (tertiary/aromatic N) is 1. The summed E-state index contributed by atoms with van der Waals surface area (Å²) < 4.78 is 4.99. The molecule has 1 unspecified atom stereocenters. The summed E-state index contributed by atoms with van der Waals surface area (Å²) in [4.78, 5) is 10.5. The van der Waals surface area contributed by atoms with Gasteiger partial charge >= 0.3 is 5.69 Å². The molecule has 1 aliphatic carbocycles. The Morgan fingerprint density at radius 3 is 2.67 bits per heavy atom. The number of hydrogen-bond acceptors (Lipinski definition) is 4. The van der Waals surface area contributed by atoms with Gasteiger partial charge in [0.1, 0.15) is 0 Å². The molecule has 0 aromatic heterocycles. The molecule has 5 nitrogen and oxygen atoms in total. The summed E-state index contributed by atoms with van der Waals surface area (Å²) in [5.74, 6) is 0.300. The molecule has 0 saturated heterocycles. The third kappa shape index (κ3) is 2.31. The van der Waals surface area contributed by atoms with Gasteiger partial charge in [-0.15, -0.1) is 0 Å². The average Bonchev–Trinajstić information content (AvgIpc) is 3.10. The lowest BCUT2D eigenvalue weighted by atomic mass is 9.90. The van der Waals surface area contributed by atoms with Crippen molar-refractivity contribution in [2.24, 2.45) is 11.1 Å². The van der Waals surface area contributed by atoms with Gasteiger partial charge in [0.15, 0.2) is 5.75 Å². The number of methoxy groups -OCH3 is 1. The van der Waals surface area contributed by atoms with Crippen LogP contribution in [0.1, 0.15) is 25.3 Å². The predicted molar refractivity (Wildman–Crippen MR) is 68.7 cm³/mol. The van der Waals surface area contributed by atoms with E-state index in [9.17, 15) is 10.1 Å². The van der Waals surface area contributed by atoms with E-state index in [2.05, 4.69) is 0 Å². The molecule has 1 aliphatic rings. The Kier molecular flexibility index (Phi) is 3.26. The SMILES string of the molecule is COc1ccc(CC2(C(C)N)CC2)cc1[N+](=O)[O-]. The maximum Gasteiger partial charge on any atom is 0.311 e. The normalized spacial score (nSPS) is 18.2. The van der Waals surface area contributed by atoms with Crippen molar-refractivity contribution in [2.75, 3.05) is 7.11 Å². The molecule has 18 heavy (non-hydrogen) atoms. The Balaban J connectivity index is 2.25. The van der Waals surface area contributed by atoms with Crippen LogP contribution in [0.15, 0.2) is 18.2 Å². The zero-order valence-electron chi connectivity index (χ0n) is 10.7. The fourth-order valence-electron chi connectivity index (χ4n) is 2.35. The first-order valence-corrected chi connectivity index (χ1v) is 6.05. The zero-order chi connectivity index (χ0) is 13.3. The molecule has 1 aromatic rings. The lowest BCUT2D eigenvalue weighted by Crippen LogP contribution is -2.29. The van der Waals surface area contributed by atoms with E-state index in [1.54, 1.807) is 12.1 Å². The van der Waals surface area contributed by atoms with Gasteiger partial charge in [0.2, 0.25) is 0 Å². The minimum Gasteiger partial charge on any atom is -0.490 e. The first-order chi connectivity index (χ1) is 8.48. The molecule has 0 bridgehead atoms. The van der Waals surface area contributed by atoms with Crippen molar-refractivity contribution in [2.45, 2.75) is 32.2 Å². The monoisotopic (exact) mass is 250 g/mol. The first kappa shape index (κ1) is 12.8. The van der Waals surface area contributed by atoms with Gasteiger partial charge in [-0.25, -0.2) is 0 Å². The van der Waals surface area contributed by atoms with Gasteiger partial charge in [0.05, 0.1) is 12.0 Å². The highest BCUT2D eigenvalue weighted by molar-refractivity contribution is 5.49. The Bertz CT molecular complexity index is 467. The minimum atomic E-state index is -0.409.